The average Bonchev–Trinajstić information content (AvgIpc) is 3.79. The number of anilines is 3. The average molecular weight is 475 g/mol. The Bertz CT molecular complexity index is 1580. The zero-order chi connectivity index (χ0) is 26.1. The lowest BCUT2D eigenvalue weighted by Crippen LogP contribution is -2.36. The number of ether oxygens (including phenoxy) is 1. The van der Waals surface area contributed by atoms with E-state index in [1.165, 1.54) is 6.20 Å². The highest BCUT2D eigenvalue weighted by atomic mass is 16.5. The molecule has 0 radical (unpaired) electrons. The third-order valence-electron chi connectivity index (χ3n) is 7.33. The standard InChI is InChI=1S/C24H25N9O2/c1-25-22-20-15(10-18(29-30-20)27-23(34)17-11-24(17)4-5-24)16(12-26-22)21-28-19-3-2-14(13-33(19)31-21)32-6-8-35-9-7-32/h2-3,10,12-13,17H,4-9,11H2,1H3,(H,25,26)(H,27,29,34)/t17-/m0/s1/i1D3. The van der Waals surface area contributed by atoms with Crippen molar-refractivity contribution in [2.75, 3.05) is 48.8 Å². The second-order valence-corrected chi connectivity index (χ2v) is 9.47. The van der Waals surface area contributed by atoms with Crippen molar-refractivity contribution in [2.45, 2.75) is 19.3 Å². The summed E-state index contributed by atoms with van der Waals surface area (Å²) >= 11 is 0. The molecule has 3 fully saturated rings. The Morgan fingerprint density at radius 3 is 2.94 bits per heavy atom. The quantitative estimate of drug-likeness (QED) is 0.449. The third kappa shape index (κ3) is 3.45. The molecule has 2 saturated carbocycles. The van der Waals surface area contributed by atoms with E-state index >= 15 is 0 Å². The molecule has 0 aromatic carbocycles. The van der Waals surface area contributed by atoms with E-state index in [4.69, 9.17) is 8.85 Å². The maximum absolute atomic E-state index is 12.7. The molecule has 4 aromatic rings. The van der Waals surface area contributed by atoms with Crippen molar-refractivity contribution >= 4 is 39.8 Å². The fraction of sp³-hybridized carbons (Fsp3) is 0.417. The Morgan fingerprint density at radius 2 is 2.14 bits per heavy atom. The van der Waals surface area contributed by atoms with Crippen LogP contribution in [-0.4, -0.2) is 69.0 Å². The molecule has 11 nitrogen and oxygen atoms in total. The predicted octanol–water partition coefficient (Wildman–Crippen LogP) is 2.35. The molecule has 1 amide bonds. The van der Waals surface area contributed by atoms with Crippen LogP contribution in [0.15, 0.2) is 30.6 Å². The fourth-order valence-corrected chi connectivity index (χ4v) is 5.00. The van der Waals surface area contributed by atoms with Crippen molar-refractivity contribution in [2.24, 2.45) is 11.3 Å². The third-order valence-corrected chi connectivity index (χ3v) is 7.33. The maximum atomic E-state index is 12.7. The molecule has 5 heterocycles. The van der Waals surface area contributed by atoms with Crippen molar-refractivity contribution < 1.29 is 13.6 Å². The van der Waals surface area contributed by atoms with Crippen LogP contribution in [-0.2, 0) is 9.53 Å². The summed E-state index contributed by atoms with van der Waals surface area (Å²) in [5, 5.41) is 18.9. The minimum absolute atomic E-state index is 0.0189. The van der Waals surface area contributed by atoms with Crippen LogP contribution in [0.5, 0.6) is 0 Å². The number of pyridine rings is 2. The molecule has 0 unspecified atom stereocenters. The number of aromatic nitrogens is 6. The number of carbonyl (C=O) groups is 1. The Labute approximate surface area is 205 Å². The molecule has 2 aliphatic carbocycles. The first-order valence-electron chi connectivity index (χ1n) is 13.2. The molecular formula is C24H25N9O2. The summed E-state index contributed by atoms with van der Waals surface area (Å²) in [6.07, 6.45) is 6.55. The molecule has 178 valence electrons. The summed E-state index contributed by atoms with van der Waals surface area (Å²) in [5.74, 6) is 0.702. The second-order valence-electron chi connectivity index (χ2n) is 9.47. The molecule has 7 rings (SSSR count). The number of hydrogen-bond acceptors (Lipinski definition) is 9. The molecule has 1 spiro atoms. The molecule has 1 aliphatic heterocycles. The minimum atomic E-state index is -2.47. The van der Waals surface area contributed by atoms with Gasteiger partial charge >= 0.3 is 0 Å². The van der Waals surface area contributed by atoms with Gasteiger partial charge in [-0.2, -0.15) is 0 Å². The second kappa shape index (κ2) is 7.57. The van der Waals surface area contributed by atoms with E-state index in [0.29, 0.717) is 35.6 Å². The number of rotatable bonds is 5. The molecule has 1 saturated heterocycles. The van der Waals surface area contributed by atoms with Gasteiger partial charge in [0.05, 0.1) is 25.1 Å². The van der Waals surface area contributed by atoms with Crippen LogP contribution in [0.2, 0.25) is 0 Å². The van der Waals surface area contributed by atoms with E-state index in [1.807, 2.05) is 18.3 Å². The van der Waals surface area contributed by atoms with Gasteiger partial charge in [0.15, 0.2) is 23.1 Å². The van der Waals surface area contributed by atoms with Crippen LogP contribution in [0.4, 0.5) is 17.3 Å². The zero-order valence-electron chi connectivity index (χ0n) is 21.9. The van der Waals surface area contributed by atoms with Crippen molar-refractivity contribution in [1.29, 1.82) is 0 Å². The smallest absolute Gasteiger partial charge is 0.229 e. The van der Waals surface area contributed by atoms with Crippen LogP contribution in [0.25, 0.3) is 27.9 Å². The van der Waals surface area contributed by atoms with Crippen LogP contribution in [0.3, 0.4) is 0 Å². The van der Waals surface area contributed by atoms with Crippen LogP contribution < -0.4 is 15.5 Å². The van der Waals surface area contributed by atoms with Gasteiger partial charge in [0.25, 0.3) is 0 Å². The van der Waals surface area contributed by atoms with Gasteiger partial charge in [-0.3, -0.25) is 4.79 Å². The van der Waals surface area contributed by atoms with Gasteiger partial charge in [-0.1, -0.05) is 0 Å². The fourth-order valence-electron chi connectivity index (χ4n) is 5.00. The number of hydrogen-bond donors (Lipinski definition) is 2. The summed E-state index contributed by atoms with van der Waals surface area (Å²) < 4.78 is 30.0. The SMILES string of the molecule is [2H]C([2H])([2H])Nc1ncc(-c2nc3ccc(N4CCOCC4)cn3n2)c2cc(NC(=O)[C@@H]3CC34CC4)nnc12. The topological polar surface area (TPSA) is 122 Å². The Balaban J connectivity index is 1.28. The van der Waals surface area contributed by atoms with Crippen LogP contribution in [0, 0.1) is 11.3 Å². The van der Waals surface area contributed by atoms with Gasteiger partial charge < -0.3 is 20.3 Å². The number of nitrogens with one attached hydrogen (secondary N) is 2. The first-order valence-corrected chi connectivity index (χ1v) is 11.7. The van der Waals surface area contributed by atoms with E-state index in [1.54, 1.807) is 10.6 Å². The van der Waals surface area contributed by atoms with Gasteiger partial charge in [-0.25, -0.2) is 14.5 Å². The number of amides is 1. The van der Waals surface area contributed by atoms with Crippen molar-refractivity contribution in [3.63, 3.8) is 0 Å². The molecule has 35 heavy (non-hydrogen) atoms. The highest BCUT2D eigenvalue weighted by Crippen LogP contribution is 2.70. The van der Waals surface area contributed by atoms with Gasteiger partial charge in [0, 0.05) is 47.2 Å². The largest absolute Gasteiger partial charge is 0.378 e. The first kappa shape index (κ1) is 17.6. The molecule has 0 bridgehead atoms. The first-order chi connectivity index (χ1) is 18.3. The number of nitrogens with zero attached hydrogens (tertiary/aromatic N) is 7. The summed E-state index contributed by atoms with van der Waals surface area (Å²) in [5.41, 5.74) is 2.66. The lowest BCUT2D eigenvalue weighted by molar-refractivity contribution is -0.117. The summed E-state index contributed by atoms with van der Waals surface area (Å²) in [7, 11) is 0. The van der Waals surface area contributed by atoms with Gasteiger partial charge in [0.2, 0.25) is 5.91 Å². The van der Waals surface area contributed by atoms with Gasteiger partial charge in [0.1, 0.15) is 5.52 Å². The van der Waals surface area contributed by atoms with E-state index in [9.17, 15) is 4.79 Å². The molecule has 4 aromatic heterocycles. The van der Waals surface area contributed by atoms with E-state index in [0.717, 1.165) is 38.0 Å². The van der Waals surface area contributed by atoms with Gasteiger partial charge in [-0.05, 0) is 42.9 Å². The number of fused-ring (bicyclic) bond motifs is 2. The van der Waals surface area contributed by atoms with Crippen LogP contribution in [0.1, 0.15) is 23.4 Å². The Kier molecular flexibility index (Phi) is 3.80. The molecule has 11 heteroatoms. The van der Waals surface area contributed by atoms with E-state index in [2.05, 4.69) is 40.8 Å². The van der Waals surface area contributed by atoms with E-state index in [-0.39, 0.29) is 34.4 Å². The van der Waals surface area contributed by atoms with Crippen LogP contribution >= 0.6 is 0 Å². The highest BCUT2D eigenvalue weighted by molar-refractivity contribution is 6.01. The van der Waals surface area contributed by atoms with Crippen molar-refractivity contribution in [3.8, 4) is 11.4 Å². The van der Waals surface area contributed by atoms with Gasteiger partial charge in [-0.15, -0.1) is 15.3 Å². The predicted molar refractivity (Wildman–Crippen MR) is 130 cm³/mol. The monoisotopic (exact) mass is 474 g/mol. The van der Waals surface area contributed by atoms with Crippen molar-refractivity contribution in [3.05, 3.63) is 30.6 Å². The maximum Gasteiger partial charge on any atom is 0.229 e. The lowest BCUT2D eigenvalue weighted by atomic mass is 10.1. The lowest BCUT2D eigenvalue weighted by Gasteiger charge is -2.28. The summed E-state index contributed by atoms with van der Waals surface area (Å²) in [4.78, 5) is 24.0. The minimum Gasteiger partial charge on any atom is -0.378 e. The highest BCUT2D eigenvalue weighted by Gasteiger charge is 2.65. The Hall–Kier alpha value is -3.86. The molecule has 2 N–H and O–H groups in total. The molecular weight excluding hydrogens is 446 g/mol. The summed E-state index contributed by atoms with van der Waals surface area (Å²) in [6.45, 7) is 0.481. The number of carbonyl (C=O) groups excluding carboxylic acids is 1. The molecule has 3 aliphatic rings. The Morgan fingerprint density at radius 1 is 1.26 bits per heavy atom. The van der Waals surface area contributed by atoms with E-state index < -0.39 is 6.98 Å². The summed E-state index contributed by atoms with van der Waals surface area (Å²) in [6, 6.07) is 5.58. The normalized spacial score (nSPS) is 22.0. The molecule has 1 atom stereocenters. The zero-order valence-corrected chi connectivity index (χ0v) is 18.9. The van der Waals surface area contributed by atoms with Crippen molar-refractivity contribution in [1.82, 2.24) is 29.8 Å². The number of morpholine rings is 1.